The zero-order valence-corrected chi connectivity index (χ0v) is 18.9. The summed E-state index contributed by atoms with van der Waals surface area (Å²) in [5.74, 6) is 0.523. The van der Waals surface area contributed by atoms with Gasteiger partial charge >= 0.3 is 0 Å². The molecular formula is C24H25N5O3S. The highest BCUT2D eigenvalue weighted by Gasteiger charge is 2.27. The first-order chi connectivity index (χ1) is 16.0. The van der Waals surface area contributed by atoms with Crippen LogP contribution in [-0.4, -0.2) is 51.4 Å². The predicted octanol–water partition coefficient (Wildman–Crippen LogP) is 3.66. The molecule has 3 aromatic rings. The van der Waals surface area contributed by atoms with Gasteiger partial charge < -0.3 is 14.6 Å². The van der Waals surface area contributed by atoms with Crippen molar-refractivity contribution in [3.8, 4) is 0 Å². The Kier molecular flexibility index (Phi) is 7.19. The van der Waals surface area contributed by atoms with Crippen LogP contribution < -0.4 is 5.56 Å². The zero-order chi connectivity index (χ0) is 23.2. The molecule has 8 nitrogen and oxygen atoms in total. The van der Waals surface area contributed by atoms with E-state index >= 15 is 0 Å². The highest BCUT2D eigenvalue weighted by molar-refractivity contribution is 7.99. The molecule has 170 valence electrons. The normalized spacial score (nSPS) is 14.2. The van der Waals surface area contributed by atoms with Crippen molar-refractivity contribution in [2.24, 2.45) is 5.92 Å². The number of fused-ring (bicyclic) bond motifs is 1. The summed E-state index contributed by atoms with van der Waals surface area (Å²) in [5.41, 5.74) is 1.10. The Hall–Kier alpha value is -3.46. The first-order valence-corrected chi connectivity index (χ1v) is 11.8. The van der Waals surface area contributed by atoms with E-state index in [0.717, 1.165) is 0 Å². The summed E-state index contributed by atoms with van der Waals surface area (Å²) in [6.45, 7) is 1.12. The Morgan fingerprint density at radius 3 is 2.55 bits per heavy atom. The monoisotopic (exact) mass is 463 g/mol. The van der Waals surface area contributed by atoms with Crippen LogP contribution in [0.5, 0.6) is 0 Å². The van der Waals surface area contributed by atoms with Crippen LogP contribution in [0.1, 0.15) is 24.8 Å². The first-order valence-electron chi connectivity index (χ1n) is 10.8. The summed E-state index contributed by atoms with van der Waals surface area (Å²) in [6, 6.07) is 16.2. The standard InChI is InChI=1S/C24H25N5O3S/c25-21(16-6-2-1-3-7-16)32-22(26)17-10-13-29(14-11-17)20(30)12-15-33-24-27-19-9-5-4-8-18(19)23(31)28-24/h1-9,17,25-26H,10-15H2,(H,27,28,31). The van der Waals surface area contributed by atoms with E-state index in [2.05, 4.69) is 9.97 Å². The summed E-state index contributed by atoms with van der Waals surface area (Å²) in [6.07, 6.45) is 1.62. The van der Waals surface area contributed by atoms with Crippen molar-refractivity contribution in [2.75, 3.05) is 18.8 Å². The summed E-state index contributed by atoms with van der Waals surface area (Å²) in [5, 5.41) is 17.3. The molecule has 33 heavy (non-hydrogen) atoms. The van der Waals surface area contributed by atoms with Crippen LogP contribution in [0.25, 0.3) is 10.9 Å². The van der Waals surface area contributed by atoms with Gasteiger partial charge in [-0.25, -0.2) is 4.98 Å². The number of aromatic amines is 1. The lowest BCUT2D eigenvalue weighted by molar-refractivity contribution is -0.131. The van der Waals surface area contributed by atoms with Gasteiger partial charge in [-0.05, 0) is 37.1 Å². The molecular weight excluding hydrogens is 438 g/mol. The average molecular weight is 464 g/mol. The van der Waals surface area contributed by atoms with E-state index in [-0.39, 0.29) is 29.2 Å². The molecule has 1 aliphatic rings. The topological polar surface area (TPSA) is 123 Å². The van der Waals surface area contributed by atoms with E-state index < -0.39 is 0 Å². The molecule has 0 saturated carbocycles. The highest BCUT2D eigenvalue weighted by atomic mass is 32.2. The van der Waals surface area contributed by atoms with E-state index in [4.69, 9.17) is 15.6 Å². The minimum absolute atomic E-state index is 0.0310. The fourth-order valence-electron chi connectivity index (χ4n) is 3.76. The van der Waals surface area contributed by atoms with Gasteiger partial charge in [-0.3, -0.25) is 20.4 Å². The molecule has 0 atom stereocenters. The van der Waals surface area contributed by atoms with Gasteiger partial charge in [0.15, 0.2) is 11.1 Å². The van der Waals surface area contributed by atoms with Crippen molar-refractivity contribution in [2.45, 2.75) is 24.4 Å². The molecule has 1 aromatic heterocycles. The van der Waals surface area contributed by atoms with Gasteiger partial charge in [0.25, 0.3) is 5.56 Å². The average Bonchev–Trinajstić information content (AvgIpc) is 2.84. The van der Waals surface area contributed by atoms with Gasteiger partial charge in [0, 0.05) is 36.7 Å². The Labute approximate surface area is 195 Å². The molecule has 1 aliphatic heterocycles. The number of nitrogens with zero attached hydrogens (tertiary/aromatic N) is 2. The number of carbonyl (C=O) groups excluding carboxylic acids is 1. The number of rotatable bonds is 6. The number of aromatic nitrogens is 2. The van der Waals surface area contributed by atoms with Crippen LogP contribution in [0.15, 0.2) is 64.5 Å². The van der Waals surface area contributed by atoms with Gasteiger partial charge in [-0.1, -0.05) is 42.1 Å². The van der Waals surface area contributed by atoms with E-state index in [1.54, 1.807) is 30.3 Å². The third kappa shape index (κ3) is 5.67. The summed E-state index contributed by atoms with van der Waals surface area (Å²) >= 11 is 1.36. The van der Waals surface area contributed by atoms with Crippen LogP contribution in [0, 0.1) is 16.7 Å². The van der Waals surface area contributed by atoms with Crippen molar-refractivity contribution in [3.63, 3.8) is 0 Å². The number of carbonyl (C=O) groups is 1. The van der Waals surface area contributed by atoms with Crippen LogP contribution in [0.3, 0.4) is 0 Å². The summed E-state index contributed by atoms with van der Waals surface area (Å²) in [7, 11) is 0. The second-order valence-corrected chi connectivity index (χ2v) is 8.89. The lowest BCUT2D eigenvalue weighted by Gasteiger charge is -2.32. The summed E-state index contributed by atoms with van der Waals surface area (Å²) in [4.78, 5) is 33.8. The number of piperidine rings is 1. The van der Waals surface area contributed by atoms with Gasteiger partial charge in [0.05, 0.1) is 10.9 Å². The number of hydrogen-bond donors (Lipinski definition) is 3. The number of likely N-dealkylation sites (tertiary alicyclic amines) is 1. The molecule has 0 unspecified atom stereocenters. The Bertz CT molecular complexity index is 1220. The second kappa shape index (κ2) is 10.4. The fourth-order valence-corrected chi connectivity index (χ4v) is 4.56. The predicted molar refractivity (Wildman–Crippen MR) is 129 cm³/mol. The Morgan fingerprint density at radius 2 is 1.79 bits per heavy atom. The smallest absolute Gasteiger partial charge is 0.259 e. The van der Waals surface area contributed by atoms with Gasteiger partial charge in [-0.2, -0.15) is 0 Å². The van der Waals surface area contributed by atoms with Crippen molar-refractivity contribution < 1.29 is 9.53 Å². The van der Waals surface area contributed by atoms with Crippen molar-refractivity contribution >= 4 is 40.4 Å². The third-order valence-electron chi connectivity index (χ3n) is 5.61. The van der Waals surface area contributed by atoms with Crippen LogP contribution in [0.4, 0.5) is 0 Å². The van der Waals surface area contributed by atoms with Gasteiger partial charge in [-0.15, -0.1) is 0 Å². The molecule has 1 fully saturated rings. The van der Waals surface area contributed by atoms with Crippen molar-refractivity contribution in [3.05, 3.63) is 70.5 Å². The van der Waals surface area contributed by atoms with Gasteiger partial charge in [0.1, 0.15) is 0 Å². The van der Waals surface area contributed by atoms with E-state index in [1.807, 2.05) is 29.2 Å². The maximum atomic E-state index is 12.6. The highest BCUT2D eigenvalue weighted by Crippen LogP contribution is 2.21. The number of ether oxygens (including phenoxy) is 1. The minimum Gasteiger partial charge on any atom is -0.425 e. The van der Waals surface area contributed by atoms with Crippen LogP contribution >= 0.6 is 11.8 Å². The molecule has 0 radical (unpaired) electrons. The maximum absolute atomic E-state index is 12.6. The zero-order valence-electron chi connectivity index (χ0n) is 18.0. The molecule has 1 amide bonds. The minimum atomic E-state index is -0.179. The lowest BCUT2D eigenvalue weighted by Crippen LogP contribution is -2.41. The maximum Gasteiger partial charge on any atom is 0.259 e. The molecule has 9 heteroatoms. The number of para-hydroxylation sites is 1. The first kappa shape index (κ1) is 22.7. The molecule has 0 bridgehead atoms. The SMILES string of the molecule is N=C(OC(=N)C1CCN(C(=O)CCSc2nc3ccccc3c(=O)[nH]2)CC1)c1ccccc1. The molecule has 0 spiro atoms. The van der Waals surface area contributed by atoms with Crippen molar-refractivity contribution in [1.29, 1.82) is 10.8 Å². The number of nitrogens with one attached hydrogen (secondary N) is 3. The van der Waals surface area contributed by atoms with Crippen molar-refractivity contribution in [1.82, 2.24) is 14.9 Å². The van der Waals surface area contributed by atoms with E-state index in [9.17, 15) is 9.59 Å². The van der Waals surface area contributed by atoms with Gasteiger partial charge in [0.2, 0.25) is 11.8 Å². The molecule has 2 aromatic carbocycles. The fraction of sp³-hybridized carbons (Fsp3) is 0.292. The van der Waals surface area contributed by atoms with E-state index in [0.29, 0.717) is 59.7 Å². The quantitative estimate of drug-likeness (QED) is 0.223. The summed E-state index contributed by atoms with van der Waals surface area (Å²) < 4.78 is 5.45. The number of hydrogen-bond acceptors (Lipinski definition) is 7. The molecule has 2 heterocycles. The number of benzene rings is 2. The van der Waals surface area contributed by atoms with Crippen LogP contribution in [-0.2, 0) is 9.53 Å². The number of amides is 1. The van der Waals surface area contributed by atoms with E-state index in [1.165, 1.54) is 11.8 Å². The largest absolute Gasteiger partial charge is 0.425 e. The number of H-pyrrole nitrogens is 1. The molecule has 3 N–H and O–H groups in total. The molecule has 1 saturated heterocycles. The molecule has 4 rings (SSSR count). The third-order valence-corrected chi connectivity index (χ3v) is 6.49. The molecule has 0 aliphatic carbocycles. The Morgan fingerprint density at radius 1 is 1.09 bits per heavy atom. The number of thioether (sulfide) groups is 1. The Balaban J connectivity index is 1.22. The van der Waals surface area contributed by atoms with Crippen LogP contribution in [0.2, 0.25) is 0 Å². The second-order valence-electron chi connectivity index (χ2n) is 7.80. The lowest BCUT2D eigenvalue weighted by atomic mass is 9.96.